The Bertz CT molecular complexity index is 1230. The van der Waals surface area contributed by atoms with E-state index in [1.165, 1.54) is 7.11 Å². The van der Waals surface area contributed by atoms with E-state index in [2.05, 4.69) is 48.3 Å². The molecule has 1 atom stereocenters. The third-order valence-electron chi connectivity index (χ3n) is 6.21. The highest BCUT2D eigenvalue weighted by Gasteiger charge is 2.38. The second-order valence-electron chi connectivity index (χ2n) is 8.47. The number of ether oxygens (including phenoxy) is 1. The number of esters is 1. The maximum Gasteiger partial charge on any atom is 0.329 e. The molecule has 1 amide bonds. The molecule has 4 rings (SSSR count). The second kappa shape index (κ2) is 12.2. The maximum absolute atomic E-state index is 13.1. The Balaban J connectivity index is 1.72. The van der Waals surface area contributed by atoms with E-state index in [-0.39, 0.29) is 5.91 Å². The minimum Gasteiger partial charge on any atom is -0.467 e. The van der Waals surface area contributed by atoms with Gasteiger partial charge in [-0.2, -0.15) is 0 Å². The van der Waals surface area contributed by atoms with Crippen molar-refractivity contribution in [3.8, 4) is 0 Å². The molecule has 0 heterocycles. The molecular weight excluding hydrogens is 478 g/mol. The number of hydrogen-bond donors (Lipinski definition) is 1. The van der Waals surface area contributed by atoms with Gasteiger partial charge in [-0.1, -0.05) is 116 Å². The Morgan fingerprint density at radius 3 is 1.68 bits per heavy atom. The maximum atomic E-state index is 13.1. The summed E-state index contributed by atoms with van der Waals surface area (Å²) in [6, 6.07) is 36.9. The van der Waals surface area contributed by atoms with Gasteiger partial charge in [0.25, 0.3) is 5.91 Å². The quantitative estimate of drug-likeness (QED) is 0.201. The zero-order chi connectivity index (χ0) is 26.1. The van der Waals surface area contributed by atoms with E-state index in [1.807, 2.05) is 66.7 Å². The van der Waals surface area contributed by atoms with Crippen LogP contribution in [0, 0.1) is 0 Å². The highest BCUT2D eigenvalue weighted by atomic mass is 32.2. The summed E-state index contributed by atoms with van der Waals surface area (Å²) in [6.07, 6.45) is 1.71. The molecule has 0 fully saturated rings. The standard InChI is InChI=1S/C32H29NO3S/c1-3-24-19-21-25(22-20-24)30(34)33-29(31(35)36-2)23-37-32(26-13-7-4-8-14-26,27-15-9-5-10-16-27)28-17-11-6-12-18-28/h3-22,29H,1,23H2,2H3,(H,33,34). The molecule has 4 aromatic carbocycles. The average Bonchev–Trinajstić information content (AvgIpc) is 2.98. The summed E-state index contributed by atoms with van der Waals surface area (Å²) in [5.41, 5.74) is 4.60. The summed E-state index contributed by atoms with van der Waals surface area (Å²) < 4.78 is 4.47. The Kier molecular flexibility index (Phi) is 8.60. The van der Waals surface area contributed by atoms with Gasteiger partial charge in [-0.25, -0.2) is 4.79 Å². The first-order chi connectivity index (χ1) is 18.1. The smallest absolute Gasteiger partial charge is 0.329 e. The number of hydrogen-bond acceptors (Lipinski definition) is 4. The van der Waals surface area contributed by atoms with E-state index in [9.17, 15) is 9.59 Å². The third kappa shape index (κ3) is 5.84. The second-order valence-corrected chi connectivity index (χ2v) is 9.70. The lowest BCUT2D eigenvalue weighted by atomic mass is 9.84. The number of carbonyl (C=O) groups is 2. The average molecular weight is 508 g/mol. The van der Waals surface area contributed by atoms with Crippen LogP contribution in [0.4, 0.5) is 0 Å². The first-order valence-corrected chi connectivity index (χ1v) is 13.0. The molecule has 0 radical (unpaired) electrons. The molecule has 0 aliphatic carbocycles. The molecular formula is C32H29NO3S. The summed E-state index contributed by atoms with van der Waals surface area (Å²) in [6.45, 7) is 3.75. The number of thioether (sulfide) groups is 1. The van der Waals surface area contributed by atoms with Crippen molar-refractivity contribution in [3.05, 3.63) is 150 Å². The number of carbonyl (C=O) groups excluding carboxylic acids is 2. The summed E-state index contributed by atoms with van der Waals surface area (Å²) in [4.78, 5) is 25.9. The largest absolute Gasteiger partial charge is 0.467 e. The molecule has 37 heavy (non-hydrogen) atoms. The molecule has 0 bridgehead atoms. The van der Waals surface area contributed by atoms with Crippen LogP contribution in [-0.2, 0) is 14.3 Å². The highest BCUT2D eigenvalue weighted by molar-refractivity contribution is 8.00. The van der Waals surface area contributed by atoms with Crippen LogP contribution in [-0.4, -0.2) is 30.8 Å². The predicted molar refractivity (Wildman–Crippen MR) is 151 cm³/mol. The van der Waals surface area contributed by atoms with Crippen molar-refractivity contribution < 1.29 is 14.3 Å². The van der Waals surface area contributed by atoms with E-state index >= 15 is 0 Å². The van der Waals surface area contributed by atoms with Crippen molar-refractivity contribution in [2.75, 3.05) is 12.9 Å². The summed E-state index contributed by atoms with van der Waals surface area (Å²) in [7, 11) is 1.34. The summed E-state index contributed by atoms with van der Waals surface area (Å²) in [5, 5.41) is 2.89. The topological polar surface area (TPSA) is 55.4 Å². The molecule has 1 unspecified atom stereocenters. The van der Waals surface area contributed by atoms with Crippen LogP contribution >= 0.6 is 11.8 Å². The lowest BCUT2D eigenvalue weighted by Gasteiger charge is -2.36. The Labute approximate surface area is 222 Å². The normalized spacial score (nSPS) is 11.8. The zero-order valence-electron chi connectivity index (χ0n) is 20.7. The van der Waals surface area contributed by atoms with Crippen LogP contribution in [0.3, 0.4) is 0 Å². The lowest BCUT2D eigenvalue weighted by molar-refractivity contribution is -0.142. The van der Waals surface area contributed by atoms with E-state index in [4.69, 9.17) is 4.74 Å². The van der Waals surface area contributed by atoms with Gasteiger partial charge in [0.2, 0.25) is 0 Å². The van der Waals surface area contributed by atoms with Gasteiger partial charge in [-0.15, -0.1) is 11.8 Å². The fourth-order valence-electron chi connectivity index (χ4n) is 4.30. The molecule has 0 aliphatic heterocycles. The Morgan fingerprint density at radius 2 is 1.27 bits per heavy atom. The minimum absolute atomic E-state index is 0.293. The molecule has 0 spiro atoms. The van der Waals surface area contributed by atoms with Crippen molar-refractivity contribution in [2.45, 2.75) is 10.8 Å². The summed E-state index contributed by atoms with van der Waals surface area (Å²) in [5.74, 6) is -0.537. The van der Waals surface area contributed by atoms with Gasteiger partial charge in [0.15, 0.2) is 0 Å². The highest BCUT2D eigenvalue weighted by Crippen LogP contribution is 2.48. The zero-order valence-corrected chi connectivity index (χ0v) is 21.5. The first-order valence-electron chi connectivity index (χ1n) is 12.0. The fourth-order valence-corrected chi connectivity index (χ4v) is 5.84. The number of amides is 1. The minimum atomic E-state index is -0.850. The van der Waals surface area contributed by atoms with Gasteiger partial charge in [0, 0.05) is 11.3 Å². The van der Waals surface area contributed by atoms with Crippen molar-refractivity contribution in [1.82, 2.24) is 5.32 Å². The SMILES string of the molecule is C=Cc1ccc(C(=O)NC(CSC(c2ccccc2)(c2ccccc2)c2ccccc2)C(=O)OC)cc1. The Morgan fingerprint density at radius 1 is 0.811 bits per heavy atom. The third-order valence-corrected chi connectivity index (χ3v) is 7.85. The number of nitrogens with one attached hydrogen (secondary N) is 1. The molecule has 0 saturated heterocycles. The monoisotopic (exact) mass is 507 g/mol. The van der Waals surface area contributed by atoms with Gasteiger partial charge >= 0.3 is 5.97 Å². The van der Waals surface area contributed by atoms with Gasteiger partial charge in [-0.3, -0.25) is 4.79 Å². The first kappa shape index (κ1) is 26.0. The van der Waals surface area contributed by atoms with E-state index in [1.54, 1.807) is 30.0 Å². The van der Waals surface area contributed by atoms with E-state index in [0.29, 0.717) is 11.3 Å². The number of benzene rings is 4. The summed E-state index contributed by atoms with van der Waals surface area (Å²) >= 11 is 1.59. The van der Waals surface area contributed by atoms with Crippen LogP contribution in [0.15, 0.2) is 122 Å². The molecule has 0 aromatic heterocycles. The Hall–Kier alpha value is -4.09. The van der Waals surface area contributed by atoms with Crippen LogP contribution in [0.5, 0.6) is 0 Å². The molecule has 1 N–H and O–H groups in total. The van der Waals surface area contributed by atoms with Gasteiger partial charge in [-0.05, 0) is 34.4 Å². The predicted octanol–water partition coefficient (Wildman–Crippen LogP) is 6.33. The molecule has 4 nitrogen and oxygen atoms in total. The van der Waals surface area contributed by atoms with Crippen LogP contribution < -0.4 is 5.32 Å². The van der Waals surface area contributed by atoms with E-state index < -0.39 is 16.8 Å². The van der Waals surface area contributed by atoms with Crippen molar-refractivity contribution in [1.29, 1.82) is 0 Å². The van der Waals surface area contributed by atoms with Crippen molar-refractivity contribution in [2.24, 2.45) is 0 Å². The van der Waals surface area contributed by atoms with Gasteiger partial charge < -0.3 is 10.1 Å². The number of methoxy groups -OCH3 is 1. The van der Waals surface area contributed by atoms with Crippen LogP contribution in [0.25, 0.3) is 6.08 Å². The molecule has 186 valence electrons. The van der Waals surface area contributed by atoms with Gasteiger partial charge in [0.05, 0.1) is 11.9 Å². The van der Waals surface area contributed by atoms with Gasteiger partial charge in [0.1, 0.15) is 6.04 Å². The van der Waals surface area contributed by atoms with Crippen molar-refractivity contribution >= 4 is 29.7 Å². The lowest BCUT2D eigenvalue weighted by Crippen LogP contribution is -2.44. The molecule has 4 aromatic rings. The molecule has 0 aliphatic rings. The van der Waals surface area contributed by atoms with Crippen LogP contribution in [0.1, 0.15) is 32.6 Å². The molecule has 0 saturated carbocycles. The fraction of sp³-hybridized carbons (Fsp3) is 0.125. The van der Waals surface area contributed by atoms with Crippen LogP contribution in [0.2, 0.25) is 0 Å². The van der Waals surface area contributed by atoms with E-state index in [0.717, 1.165) is 22.3 Å². The van der Waals surface area contributed by atoms with Crippen molar-refractivity contribution in [3.63, 3.8) is 0 Å². The number of rotatable bonds is 10. The molecule has 5 heteroatoms.